The number of nitrogens with zero attached hydrogens (tertiary/aromatic N) is 1. The molecular formula is C8H8FNO3. The van der Waals surface area contributed by atoms with Crippen molar-refractivity contribution in [2.24, 2.45) is 0 Å². The number of benzene rings is 1. The van der Waals surface area contributed by atoms with Gasteiger partial charge < -0.3 is 4.74 Å². The maximum atomic E-state index is 13.0. The maximum absolute atomic E-state index is 13.0. The lowest BCUT2D eigenvalue weighted by Crippen LogP contribution is -1.96. The molecule has 0 aliphatic heterocycles. The van der Waals surface area contributed by atoms with Crippen LogP contribution in [-0.4, -0.2) is 12.0 Å². The largest absolute Gasteiger partial charge is 0.497 e. The van der Waals surface area contributed by atoms with Crippen LogP contribution in [0.5, 0.6) is 5.75 Å². The van der Waals surface area contributed by atoms with Crippen LogP contribution >= 0.6 is 0 Å². The first kappa shape index (κ1) is 9.44. The van der Waals surface area contributed by atoms with Gasteiger partial charge >= 0.3 is 5.69 Å². The number of rotatable bonds is 2. The molecule has 0 saturated heterocycles. The van der Waals surface area contributed by atoms with Crippen LogP contribution in [0.25, 0.3) is 0 Å². The van der Waals surface area contributed by atoms with E-state index in [0.29, 0.717) is 0 Å². The highest BCUT2D eigenvalue weighted by Gasteiger charge is 2.18. The molecule has 0 N–H and O–H groups in total. The Morgan fingerprint density at radius 3 is 2.54 bits per heavy atom. The molecule has 70 valence electrons. The molecule has 0 bridgehead atoms. The van der Waals surface area contributed by atoms with Gasteiger partial charge in [0.05, 0.1) is 12.0 Å². The molecule has 0 aromatic heterocycles. The van der Waals surface area contributed by atoms with E-state index in [1.807, 2.05) is 0 Å². The Labute approximate surface area is 74.1 Å². The Kier molecular flexibility index (Phi) is 2.46. The molecule has 4 nitrogen and oxygen atoms in total. The van der Waals surface area contributed by atoms with Crippen molar-refractivity contribution in [2.45, 2.75) is 6.92 Å². The molecule has 0 heterocycles. The number of ether oxygens (including phenoxy) is 1. The SMILES string of the molecule is COc1cc(C)c([N+](=O)[O-])c(F)c1. The fourth-order valence-electron chi connectivity index (χ4n) is 1.05. The van der Waals surface area contributed by atoms with Crippen LogP contribution in [0.4, 0.5) is 10.1 Å². The summed E-state index contributed by atoms with van der Waals surface area (Å²) in [5, 5.41) is 10.4. The smallest absolute Gasteiger partial charge is 0.307 e. The molecule has 13 heavy (non-hydrogen) atoms. The monoisotopic (exact) mass is 185 g/mol. The van der Waals surface area contributed by atoms with Crippen molar-refractivity contribution in [3.63, 3.8) is 0 Å². The number of nitro groups is 1. The minimum absolute atomic E-state index is 0.252. The Morgan fingerprint density at radius 1 is 1.54 bits per heavy atom. The minimum Gasteiger partial charge on any atom is -0.497 e. The lowest BCUT2D eigenvalue weighted by atomic mass is 10.2. The highest BCUT2D eigenvalue weighted by molar-refractivity contribution is 5.45. The topological polar surface area (TPSA) is 52.4 Å². The molecule has 0 unspecified atom stereocenters. The molecule has 1 aromatic carbocycles. The van der Waals surface area contributed by atoms with Crippen LogP contribution in [0.15, 0.2) is 12.1 Å². The Hall–Kier alpha value is -1.65. The average molecular weight is 185 g/mol. The van der Waals surface area contributed by atoms with Crippen molar-refractivity contribution in [1.29, 1.82) is 0 Å². The number of hydrogen-bond acceptors (Lipinski definition) is 3. The summed E-state index contributed by atoms with van der Waals surface area (Å²) in [6.07, 6.45) is 0. The van der Waals surface area contributed by atoms with E-state index >= 15 is 0 Å². The zero-order valence-electron chi connectivity index (χ0n) is 7.20. The highest BCUT2D eigenvalue weighted by Crippen LogP contribution is 2.26. The van der Waals surface area contributed by atoms with Gasteiger partial charge in [0.15, 0.2) is 0 Å². The number of hydrogen-bond donors (Lipinski definition) is 0. The Morgan fingerprint density at radius 2 is 2.15 bits per heavy atom. The third-order valence-corrected chi connectivity index (χ3v) is 1.65. The number of halogens is 1. The molecular weight excluding hydrogens is 177 g/mol. The van der Waals surface area contributed by atoms with Gasteiger partial charge in [-0.25, -0.2) is 0 Å². The number of aryl methyl sites for hydroxylation is 1. The van der Waals surface area contributed by atoms with E-state index in [9.17, 15) is 14.5 Å². The average Bonchev–Trinajstić information content (AvgIpc) is 2.02. The summed E-state index contributed by atoms with van der Waals surface area (Å²) in [5.74, 6) is -0.595. The summed E-state index contributed by atoms with van der Waals surface area (Å²) >= 11 is 0. The van der Waals surface area contributed by atoms with E-state index in [1.54, 1.807) is 0 Å². The first-order valence-corrected chi connectivity index (χ1v) is 3.54. The third-order valence-electron chi connectivity index (χ3n) is 1.65. The van der Waals surface area contributed by atoms with Crippen molar-refractivity contribution >= 4 is 5.69 Å². The van der Waals surface area contributed by atoms with Gasteiger partial charge in [-0.2, -0.15) is 4.39 Å². The summed E-state index contributed by atoms with van der Waals surface area (Å²) < 4.78 is 17.8. The highest BCUT2D eigenvalue weighted by atomic mass is 19.1. The van der Waals surface area contributed by atoms with Crippen LogP contribution in [0.1, 0.15) is 5.56 Å². The third kappa shape index (κ3) is 1.74. The molecule has 0 amide bonds. The summed E-state index contributed by atoms with van der Waals surface area (Å²) in [7, 11) is 1.38. The molecule has 0 spiro atoms. The lowest BCUT2D eigenvalue weighted by Gasteiger charge is -2.02. The summed E-state index contributed by atoms with van der Waals surface area (Å²) in [5.41, 5.74) is -0.248. The molecule has 0 aliphatic carbocycles. The van der Waals surface area contributed by atoms with Crippen molar-refractivity contribution in [2.75, 3.05) is 7.11 Å². The van der Waals surface area contributed by atoms with Crippen molar-refractivity contribution < 1.29 is 14.1 Å². The van der Waals surface area contributed by atoms with Crippen LogP contribution in [-0.2, 0) is 0 Å². The first-order chi connectivity index (χ1) is 6.06. The minimum atomic E-state index is -0.873. The first-order valence-electron chi connectivity index (χ1n) is 3.54. The molecule has 0 radical (unpaired) electrons. The predicted molar refractivity (Wildman–Crippen MR) is 44.3 cm³/mol. The van der Waals surface area contributed by atoms with Crippen LogP contribution in [0.3, 0.4) is 0 Å². The number of nitro benzene ring substituents is 1. The second kappa shape index (κ2) is 3.38. The lowest BCUT2D eigenvalue weighted by molar-refractivity contribution is -0.388. The van der Waals surface area contributed by atoms with Crippen molar-refractivity contribution in [3.05, 3.63) is 33.6 Å². The van der Waals surface area contributed by atoms with E-state index < -0.39 is 16.4 Å². The Bertz CT molecular complexity index is 328. The zero-order chi connectivity index (χ0) is 10.0. The number of methoxy groups -OCH3 is 1. The molecule has 0 aliphatic rings. The van der Waals surface area contributed by atoms with Crippen LogP contribution < -0.4 is 4.74 Å². The predicted octanol–water partition coefficient (Wildman–Crippen LogP) is 2.05. The van der Waals surface area contributed by atoms with Gasteiger partial charge in [-0.05, 0) is 13.0 Å². The van der Waals surface area contributed by atoms with Gasteiger partial charge in [0.1, 0.15) is 5.75 Å². The van der Waals surface area contributed by atoms with E-state index in [-0.39, 0.29) is 11.3 Å². The van der Waals surface area contributed by atoms with Gasteiger partial charge in [0, 0.05) is 11.6 Å². The Balaban J connectivity index is 3.31. The van der Waals surface area contributed by atoms with Crippen molar-refractivity contribution in [3.8, 4) is 5.75 Å². The summed E-state index contributed by atoms with van der Waals surface area (Å²) in [4.78, 5) is 9.62. The maximum Gasteiger partial charge on any atom is 0.307 e. The molecule has 1 rings (SSSR count). The fraction of sp³-hybridized carbons (Fsp3) is 0.250. The van der Waals surface area contributed by atoms with Gasteiger partial charge in [0.2, 0.25) is 5.82 Å². The second-order valence-electron chi connectivity index (χ2n) is 2.53. The summed E-state index contributed by atoms with van der Waals surface area (Å²) in [6, 6.07) is 2.41. The zero-order valence-corrected chi connectivity index (χ0v) is 7.20. The standard InChI is InChI=1S/C8H8FNO3/c1-5-3-6(13-2)4-7(9)8(5)10(11)12/h3-4H,1-2H3. The van der Waals surface area contributed by atoms with Crippen LogP contribution in [0.2, 0.25) is 0 Å². The van der Waals surface area contributed by atoms with Gasteiger partial charge in [-0.15, -0.1) is 0 Å². The van der Waals surface area contributed by atoms with E-state index in [1.165, 1.54) is 20.1 Å². The van der Waals surface area contributed by atoms with Gasteiger partial charge in [-0.1, -0.05) is 0 Å². The quantitative estimate of drug-likeness (QED) is 0.523. The van der Waals surface area contributed by atoms with E-state index in [4.69, 9.17) is 4.74 Å². The van der Waals surface area contributed by atoms with Crippen LogP contribution in [0, 0.1) is 22.9 Å². The second-order valence-corrected chi connectivity index (χ2v) is 2.53. The van der Waals surface area contributed by atoms with Crippen molar-refractivity contribution in [1.82, 2.24) is 0 Å². The molecule has 1 aromatic rings. The summed E-state index contributed by atoms with van der Waals surface area (Å²) in [6.45, 7) is 1.46. The van der Waals surface area contributed by atoms with E-state index in [2.05, 4.69) is 0 Å². The van der Waals surface area contributed by atoms with Gasteiger partial charge in [0.25, 0.3) is 0 Å². The molecule has 0 fully saturated rings. The molecule has 0 saturated carbocycles. The van der Waals surface area contributed by atoms with E-state index in [0.717, 1.165) is 6.07 Å². The normalized spacial score (nSPS) is 9.77. The fourth-order valence-corrected chi connectivity index (χ4v) is 1.05. The molecule has 0 atom stereocenters. The van der Waals surface area contributed by atoms with Gasteiger partial charge in [-0.3, -0.25) is 10.1 Å². The molecule has 5 heteroatoms.